The molecule has 0 spiro atoms. The lowest BCUT2D eigenvalue weighted by Gasteiger charge is -2.14. The molecule has 0 heterocycles. The minimum atomic E-state index is -2.84. The minimum Gasteiger partial charge on any atom is -0.434 e. The molecule has 0 aliphatic heterocycles. The molecule has 144 valence electrons. The van der Waals surface area contributed by atoms with Gasteiger partial charge in [0.15, 0.2) is 5.96 Å². The van der Waals surface area contributed by atoms with Crippen molar-refractivity contribution in [1.29, 1.82) is 0 Å². The standard InChI is InChI=1S/C17H27F2N3O2.HI/c1-13(2)12-23-10-6-9-21-17(20-3)22-11-14-7-4-5-8-15(14)24-16(18)19;/h4-5,7-8,13,16H,6,9-12H2,1-3H3,(H2,20,21,22);1H. The monoisotopic (exact) mass is 471 g/mol. The zero-order chi connectivity index (χ0) is 17.8. The van der Waals surface area contributed by atoms with Crippen LogP contribution in [0, 0.1) is 5.92 Å². The molecule has 0 aromatic heterocycles. The molecule has 1 aromatic rings. The summed E-state index contributed by atoms with van der Waals surface area (Å²) in [5, 5.41) is 6.24. The van der Waals surface area contributed by atoms with Gasteiger partial charge in [0, 0.05) is 38.9 Å². The summed E-state index contributed by atoms with van der Waals surface area (Å²) in [6.45, 7) is 3.88. The Kier molecular flexibility index (Phi) is 13.4. The number of benzene rings is 1. The highest BCUT2D eigenvalue weighted by molar-refractivity contribution is 14.0. The molecule has 2 N–H and O–H groups in total. The van der Waals surface area contributed by atoms with Crippen molar-refractivity contribution < 1.29 is 18.3 Å². The molecule has 1 rings (SSSR count). The number of hydrogen-bond donors (Lipinski definition) is 2. The van der Waals surface area contributed by atoms with Gasteiger partial charge in [-0.05, 0) is 18.4 Å². The van der Waals surface area contributed by atoms with Crippen molar-refractivity contribution in [3.8, 4) is 5.75 Å². The van der Waals surface area contributed by atoms with Crippen LogP contribution < -0.4 is 15.4 Å². The third-order valence-electron chi connectivity index (χ3n) is 3.07. The van der Waals surface area contributed by atoms with Crippen LogP contribution in [0.2, 0.25) is 0 Å². The second-order valence-corrected chi connectivity index (χ2v) is 5.66. The van der Waals surface area contributed by atoms with E-state index in [1.807, 2.05) is 0 Å². The van der Waals surface area contributed by atoms with Gasteiger partial charge in [-0.1, -0.05) is 32.0 Å². The van der Waals surface area contributed by atoms with Crippen LogP contribution in [0.15, 0.2) is 29.3 Å². The SMILES string of the molecule is CN=C(NCCCOCC(C)C)NCc1ccccc1OC(F)F.I. The van der Waals surface area contributed by atoms with E-state index in [1.54, 1.807) is 25.2 Å². The third kappa shape index (κ3) is 11.1. The molecule has 25 heavy (non-hydrogen) atoms. The number of nitrogens with zero attached hydrogens (tertiary/aromatic N) is 1. The van der Waals surface area contributed by atoms with Crippen molar-refractivity contribution in [3.05, 3.63) is 29.8 Å². The first-order chi connectivity index (χ1) is 11.5. The molecule has 0 saturated heterocycles. The molecule has 0 fully saturated rings. The van der Waals surface area contributed by atoms with Crippen LogP contribution in [0.3, 0.4) is 0 Å². The first kappa shape index (κ1) is 23.8. The number of nitrogens with one attached hydrogen (secondary N) is 2. The molecule has 0 saturated carbocycles. The highest BCUT2D eigenvalue weighted by Crippen LogP contribution is 2.19. The Bertz CT molecular complexity index is 503. The van der Waals surface area contributed by atoms with Crippen LogP contribution in [0.1, 0.15) is 25.8 Å². The average molecular weight is 471 g/mol. The summed E-state index contributed by atoms with van der Waals surface area (Å²) in [7, 11) is 1.66. The lowest BCUT2D eigenvalue weighted by Crippen LogP contribution is -2.37. The molecular formula is C17H28F2IN3O2. The van der Waals surface area contributed by atoms with Gasteiger partial charge in [-0.25, -0.2) is 0 Å². The van der Waals surface area contributed by atoms with Gasteiger partial charge in [0.05, 0.1) is 0 Å². The van der Waals surface area contributed by atoms with Crippen LogP contribution in [-0.4, -0.2) is 39.4 Å². The zero-order valence-electron chi connectivity index (χ0n) is 14.9. The third-order valence-corrected chi connectivity index (χ3v) is 3.07. The zero-order valence-corrected chi connectivity index (χ0v) is 17.3. The smallest absolute Gasteiger partial charge is 0.387 e. The van der Waals surface area contributed by atoms with Crippen LogP contribution in [0.25, 0.3) is 0 Å². The molecular weight excluding hydrogens is 443 g/mol. The van der Waals surface area contributed by atoms with Gasteiger partial charge < -0.3 is 20.1 Å². The van der Waals surface area contributed by atoms with E-state index in [0.29, 0.717) is 37.1 Å². The molecule has 0 atom stereocenters. The van der Waals surface area contributed by atoms with E-state index >= 15 is 0 Å². The number of halogens is 3. The van der Waals surface area contributed by atoms with Crippen molar-refractivity contribution in [1.82, 2.24) is 10.6 Å². The summed E-state index contributed by atoms with van der Waals surface area (Å²) < 4.78 is 34.8. The number of ether oxygens (including phenoxy) is 2. The molecule has 0 unspecified atom stereocenters. The molecule has 0 radical (unpaired) electrons. The molecule has 0 bridgehead atoms. The van der Waals surface area contributed by atoms with Crippen LogP contribution in [0.4, 0.5) is 8.78 Å². The molecule has 0 aliphatic rings. The van der Waals surface area contributed by atoms with E-state index in [-0.39, 0.29) is 29.7 Å². The second kappa shape index (κ2) is 14.1. The maximum Gasteiger partial charge on any atom is 0.387 e. The Morgan fingerprint density at radius 3 is 2.56 bits per heavy atom. The highest BCUT2D eigenvalue weighted by Gasteiger charge is 2.09. The fourth-order valence-electron chi connectivity index (χ4n) is 1.96. The van der Waals surface area contributed by atoms with Gasteiger partial charge in [0.1, 0.15) is 5.75 Å². The number of aliphatic imine (C=N–C) groups is 1. The van der Waals surface area contributed by atoms with E-state index in [0.717, 1.165) is 13.0 Å². The molecule has 1 aromatic carbocycles. The van der Waals surface area contributed by atoms with Gasteiger partial charge in [0.25, 0.3) is 0 Å². The largest absolute Gasteiger partial charge is 0.434 e. The molecule has 8 heteroatoms. The van der Waals surface area contributed by atoms with Gasteiger partial charge in [-0.2, -0.15) is 8.78 Å². The van der Waals surface area contributed by atoms with Crippen LogP contribution in [0.5, 0.6) is 5.75 Å². The lowest BCUT2D eigenvalue weighted by atomic mass is 10.2. The average Bonchev–Trinajstić information content (AvgIpc) is 2.54. The number of guanidine groups is 1. The van der Waals surface area contributed by atoms with E-state index < -0.39 is 6.61 Å². The van der Waals surface area contributed by atoms with E-state index in [4.69, 9.17) is 4.74 Å². The first-order valence-corrected chi connectivity index (χ1v) is 8.08. The number of para-hydroxylation sites is 1. The maximum absolute atomic E-state index is 12.4. The number of rotatable bonds is 10. The summed E-state index contributed by atoms with van der Waals surface area (Å²) in [5.74, 6) is 1.30. The van der Waals surface area contributed by atoms with Crippen molar-refractivity contribution in [2.45, 2.75) is 33.4 Å². The maximum atomic E-state index is 12.4. The lowest BCUT2D eigenvalue weighted by molar-refractivity contribution is -0.0504. The summed E-state index contributed by atoms with van der Waals surface area (Å²) >= 11 is 0. The minimum absolute atomic E-state index is 0. The normalized spacial score (nSPS) is 11.4. The molecule has 0 amide bonds. The van der Waals surface area contributed by atoms with Crippen LogP contribution >= 0.6 is 24.0 Å². The summed E-state index contributed by atoms with van der Waals surface area (Å²) in [4.78, 5) is 4.10. The predicted molar refractivity (Wildman–Crippen MR) is 107 cm³/mol. The highest BCUT2D eigenvalue weighted by atomic mass is 127. The van der Waals surface area contributed by atoms with Crippen molar-refractivity contribution in [2.24, 2.45) is 10.9 Å². The Labute approximate surface area is 165 Å². The number of hydrogen-bond acceptors (Lipinski definition) is 3. The first-order valence-electron chi connectivity index (χ1n) is 8.08. The predicted octanol–water partition coefficient (Wildman–Crippen LogP) is 3.63. The summed E-state index contributed by atoms with van der Waals surface area (Å²) in [6, 6.07) is 6.69. The summed E-state index contributed by atoms with van der Waals surface area (Å²) in [6.07, 6.45) is 0.860. The Hall–Kier alpha value is -1.16. The van der Waals surface area contributed by atoms with Gasteiger partial charge in [0.2, 0.25) is 0 Å². The van der Waals surface area contributed by atoms with Gasteiger partial charge in [-0.15, -0.1) is 24.0 Å². The van der Waals surface area contributed by atoms with E-state index in [2.05, 4.69) is 34.2 Å². The van der Waals surface area contributed by atoms with E-state index in [9.17, 15) is 8.78 Å². The fraction of sp³-hybridized carbons (Fsp3) is 0.588. The van der Waals surface area contributed by atoms with Gasteiger partial charge in [-0.3, -0.25) is 4.99 Å². The van der Waals surface area contributed by atoms with Crippen LogP contribution in [-0.2, 0) is 11.3 Å². The van der Waals surface area contributed by atoms with Crippen molar-refractivity contribution in [2.75, 3.05) is 26.8 Å². The Morgan fingerprint density at radius 1 is 1.20 bits per heavy atom. The topological polar surface area (TPSA) is 54.9 Å². The van der Waals surface area contributed by atoms with Crippen molar-refractivity contribution >= 4 is 29.9 Å². The summed E-state index contributed by atoms with van der Waals surface area (Å²) in [5.41, 5.74) is 0.640. The van der Waals surface area contributed by atoms with Crippen molar-refractivity contribution in [3.63, 3.8) is 0 Å². The molecule has 5 nitrogen and oxygen atoms in total. The number of alkyl halides is 2. The van der Waals surface area contributed by atoms with E-state index in [1.165, 1.54) is 6.07 Å². The fourth-order valence-corrected chi connectivity index (χ4v) is 1.96. The quantitative estimate of drug-likeness (QED) is 0.237. The Balaban J connectivity index is 0.00000576. The van der Waals surface area contributed by atoms with Gasteiger partial charge >= 0.3 is 6.61 Å². The second-order valence-electron chi connectivity index (χ2n) is 5.66. The molecule has 0 aliphatic carbocycles. The Morgan fingerprint density at radius 2 is 1.92 bits per heavy atom.